The van der Waals surface area contributed by atoms with Crippen LogP contribution in [0.3, 0.4) is 0 Å². The van der Waals surface area contributed by atoms with Crippen molar-refractivity contribution >= 4 is 20.7 Å². The van der Waals surface area contributed by atoms with Crippen LogP contribution in [0, 0.1) is 6.92 Å². The summed E-state index contributed by atoms with van der Waals surface area (Å²) in [5.41, 5.74) is 1.02. The lowest BCUT2D eigenvalue weighted by molar-refractivity contribution is 0.598. The van der Waals surface area contributed by atoms with E-state index < -0.39 is 20.7 Å². The molecule has 2 aromatic carbocycles. The maximum Gasteiger partial charge on any atom is 0.288 e. The molecule has 21 heavy (non-hydrogen) atoms. The maximum atomic E-state index is 12.4. The van der Waals surface area contributed by atoms with Crippen LogP contribution in [0.25, 0.3) is 0 Å². The Kier molecular flexibility index (Phi) is 5.09. The predicted molar refractivity (Wildman–Crippen MR) is 87.7 cm³/mol. The van der Waals surface area contributed by atoms with Crippen LogP contribution < -0.4 is 0 Å². The molecule has 0 heterocycles. The summed E-state index contributed by atoms with van der Waals surface area (Å²) < 4.78 is 28.9. The number of aryl methyl sites for hydroxylation is 1. The van der Waals surface area contributed by atoms with Gasteiger partial charge in [-0.2, -0.15) is 8.42 Å². The number of rotatable bonds is 4. The minimum atomic E-state index is -3.66. The molecular weight excluding hydrogens is 302 g/mol. The smallest absolute Gasteiger partial charge is 0.199 e. The van der Waals surface area contributed by atoms with Crippen LogP contribution in [0.15, 0.2) is 79.6 Å². The Hall–Kier alpha value is -1.72. The van der Waals surface area contributed by atoms with Crippen molar-refractivity contribution in [1.29, 1.82) is 0 Å². The van der Waals surface area contributed by atoms with Gasteiger partial charge in [-0.25, -0.2) is 0 Å². The molecule has 5 heteroatoms. The van der Waals surface area contributed by atoms with Crippen molar-refractivity contribution in [3.05, 3.63) is 71.6 Å². The topological polar surface area (TPSA) is 46.5 Å². The second kappa shape index (κ2) is 6.83. The summed E-state index contributed by atoms with van der Waals surface area (Å²) in [6, 6.07) is 16.2. The summed E-state index contributed by atoms with van der Waals surface area (Å²) in [4.78, 5) is 1.11. The van der Waals surface area contributed by atoms with Gasteiger partial charge < -0.3 is 0 Å². The molecule has 0 N–H and O–H groups in total. The zero-order valence-corrected chi connectivity index (χ0v) is 13.6. The Morgan fingerprint density at radius 1 is 1.00 bits per heavy atom. The van der Waals surface area contributed by atoms with E-state index in [1.165, 1.54) is 0 Å². The lowest BCUT2D eigenvalue weighted by Gasteiger charge is -2.05. The molecule has 2 rings (SSSR count). The zero-order valence-electron chi connectivity index (χ0n) is 11.9. The van der Waals surface area contributed by atoms with Gasteiger partial charge in [0.25, 0.3) is 10.0 Å². The number of nitrogens with zero attached hydrogens (tertiary/aromatic N) is 1. The van der Waals surface area contributed by atoms with Gasteiger partial charge in [0.05, 0.1) is 4.90 Å². The van der Waals surface area contributed by atoms with Crippen LogP contribution >= 0.6 is 0 Å². The van der Waals surface area contributed by atoms with Crippen LogP contribution in [-0.2, 0) is 20.7 Å². The van der Waals surface area contributed by atoms with Crippen LogP contribution in [0.4, 0.5) is 0 Å². The first-order chi connectivity index (χ1) is 10.0. The molecule has 0 amide bonds. The molecule has 0 fully saturated rings. The molecule has 0 aromatic heterocycles. The fourth-order valence-electron chi connectivity index (χ4n) is 1.69. The Morgan fingerprint density at radius 3 is 2.19 bits per heavy atom. The lowest BCUT2D eigenvalue weighted by Crippen LogP contribution is -1.99. The molecule has 0 aliphatic rings. The molecule has 0 bridgehead atoms. The summed E-state index contributed by atoms with van der Waals surface area (Å²) in [7, 11) is -4.47. The van der Waals surface area contributed by atoms with Crippen LogP contribution in [0.5, 0.6) is 0 Å². The summed E-state index contributed by atoms with van der Waals surface area (Å²) in [5.74, 6) is 0. The van der Waals surface area contributed by atoms with Gasteiger partial charge >= 0.3 is 0 Å². The van der Waals surface area contributed by atoms with E-state index in [9.17, 15) is 8.42 Å². The van der Waals surface area contributed by atoms with E-state index in [0.29, 0.717) is 0 Å². The first-order valence-electron chi connectivity index (χ1n) is 6.49. The van der Waals surface area contributed by atoms with Gasteiger partial charge in [0, 0.05) is 4.90 Å². The predicted octanol–water partition coefficient (Wildman–Crippen LogP) is 4.08. The number of hydrogen-bond donors (Lipinski definition) is 0. The highest BCUT2D eigenvalue weighted by Gasteiger charge is 2.13. The summed E-state index contributed by atoms with van der Waals surface area (Å²) in [5, 5.41) is 1.81. The molecule has 0 aliphatic carbocycles. The third-order valence-electron chi connectivity index (χ3n) is 2.75. The van der Waals surface area contributed by atoms with Crippen LogP contribution in [-0.4, -0.2) is 8.42 Å². The molecule has 0 unspecified atom stereocenters. The SMILES string of the molecule is C/C=C/[S@@](=NS(=O)(=O)c1ccc(C)cc1)c1ccccc1. The van der Waals surface area contributed by atoms with Crippen molar-refractivity contribution in [2.45, 2.75) is 23.6 Å². The summed E-state index contributed by atoms with van der Waals surface area (Å²) in [6.45, 7) is 3.78. The highest BCUT2D eigenvalue weighted by molar-refractivity contribution is 8.01. The Morgan fingerprint density at radius 2 is 1.62 bits per heavy atom. The van der Waals surface area contributed by atoms with Gasteiger partial charge in [-0.3, -0.25) is 0 Å². The third-order valence-corrected chi connectivity index (χ3v) is 6.33. The lowest BCUT2D eigenvalue weighted by atomic mass is 10.2. The zero-order chi connectivity index (χ0) is 15.3. The third kappa shape index (κ3) is 4.12. The fourth-order valence-corrected chi connectivity index (χ4v) is 4.76. The molecule has 2 aromatic rings. The minimum absolute atomic E-state index is 0.228. The number of benzene rings is 2. The standard InChI is InChI=1S/C16H17NO2S2/c1-3-13-20(15-7-5-4-6-8-15)17-21(18,19)16-11-9-14(2)10-12-16/h3-13H,1-2H3/b13-3+/t20-/m1/s1. The van der Waals surface area contributed by atoms with E-state index >= 15 is 0 Å². The van der Waals surface area contributed by atoms with Crippen LogP contribution in [0.1, 0.15) is 12.5 Å². The molecule has 3 nitrogen and oxygen atoms in total. The summed E-state index contributed by atoms with van der Waals surface area (Å²) in [6.07, 6.45) is 1.82. The van der Waals surface area contributed by atoms with Gasteiger partial charge in [0.15, 0.2) is 0 Å². The average Bonchev–Trinajstić information content (AvgIpc) is 2.48. The second-order valence-electron chi connectivity index (χ2n) is 4.46. The minimum Gasteiger partial charge on any atom is -0.199 e. The molecule has 0 saturated carbocycles. The largest absolute Gasteiger partial charge is 0.288 e. The van der Waals surface area contributed by atoms with Gasteiger partial charge in [-0.1, -0.05) is 42.0 Å². The molecule has 110 valence electrons. The van der Waals surface area contributed by atoms with Crippen molar-refractivity contribution in [3.8, 4) is 0 Å². The molecule has 0 saturated heterocycles. The highest BCUT2D eigenvalue weighted by Crippen LogP contribution is 2.18. The van der Waals surface area contributed by atoms with Gasteiger partial charge in [0.2, 0.25) is 0 Å². The molecule has 0 radical (unpaired) electrons. The number of sulfonamides is 1. The van der Waals surface area contributed by atoms with E-state index in [2.05, 4.69) is 3.77 Å². The number of hydrogen-bond acceptors (Lipinski definition) is 2. The Balaban J connectivity index is 2.49. The quantitative estimate of drug-likeness (QED) is 0.852. The van der Waals surface area contributed by atoms with Gasteiger partial charge in [-0.05, 0) is 54.2 Å². The number of allylic oxidation sites excluding steroid dienone is 1. The molecular formula is C16H17NO2S2. The Labute approximate surface area is 128 Å². The maximum absolute atomic E-state index is 12.4. The van der Waals surface area contributed by atoms with E-state index in [0.717, 1.165) is 10.5 Å². The van der Waals surface area contributed by atoms with Crippen molar-refractivity contribution < 1.29 is 8.42 Å². The highest BCUT2D eigenvalue weighted by atomic mass is 32.3. The van der Waals surface area contributed by atoms with Crippen molar-refractivity contribution in [2.75, 3.05) is 0 Å². The summed E-state index contributed by atoms with van der Waals surface area (Å²) >= 11 is 0. The van der Waals surface area contributed by atoms with Crippen molar-refractivity contribution in [3.63, 3.8) is 0 Å². The monoisotopic (exact) mass is 319 g/mol. The normalized spacial score (nSPS) is 13.6. The first-order valence-corrected chi connectivity index (χ1v) is 9.17. The van der Waals surface area contributed by atoms with E-state index in [1.807, 2.05) is 50.3 Å². The van der Waals surface area contributed by atoms with Gasteiger partial charge in [0.1, 0.15) is 0 Å². The fraction of sp³-hybridized carbons (Fsp3) is 0.125. The molecule has 0 spiro atoms. The molecule has 1 atom stereocenters. The van der Waals surface area contributed by atoms with E-state index in [-0.39, 0.29) is 4.90 Å². The van der Waals surface area contributed by atoms with Crippen LogP contribution in [0.2, 0.25) is 0 Å². The van der Waals surface area contributed by atoms with Crippen molar-refractivity contribution in [1.82, 2.24) is 0 Å². The van der Waals surface area contributed by atoms with E-state index in [1.54, 1.807) is 29.7 Å². The van der Waals surface area contributed by atoms with E-state index in [4.69, 9.17) is 0 Å². The molecule has 0 aliphatic heterocycles. The Bertz CT molecular complexity index is 762. The van der Waals surface area contributed by atoms with Crippen molar-refractivity contribution in [2.24, 2.45) is 3.77 Å². The first kappa shape index (κ1) is 15.7. The average molecular weight is 319 g/mol. The van der Waals surface area contributed by atoms with Gasteiger partial charge in [-0.15, -0.1) is 3.77 Å². The second-order valence-corrected chi connectivity index (χ2v) is 7.85.